The number of thiophene rings is 1. The summed E-state index contributed by atoms with van der Waals surface area (Å²) in [5, 5.41) is 0. The Morgan fingerprint density at radius 2 is 2.00 bits per heavy atom. The van der Waals surface area contributed by atoms with Crippen molar-refractivity contribution in [3.8, 4) is 0 Å². The first-order chi connectivity index (χ1) is 8.22. The molecule has 0 amide bonds. The average Bonchev–Trinajstić information content (AvgIpc) is 2.65. The van der Waals surface area contributed by atoms with Crippen LogP contribution in [0.15, 0.2) is 12.1 Å². The lowest BCUT2D eigenvalue weighted by Crippen LogP contribution is -2.54. The topological polar surface area (TPSA) is 29.3 Å². The molecule has 2 aliphatic rings. The normalized spacial score (nSPS) is 33.9. The second-order valence-corrected chi connectivity index (χ2v) is 7.15. The number of nitrogens with zero attached hydrogens (tertiary/aromatic N) is 1. The van der Waals surface area contributed by atoms with Crippen molar-refractivity contribution in [2.75, 3.05) is 0 Å². The predicted molar refractivity (Wildman–Crippen MR) is 73.5 cm³/mol. The van der Waals surface area contributed by atoms with Gasteiger partial charge in [0.05, 0.1) is 4.34 Å². The van der Waals surface area contributed by atoms with E-state index < -0.39 is 0 Å². The maximum Gasteiger partial charge on any atom is 0.0931 e. The van der Waals surface area contributed by atoms with Crippen molar-refractivity contribution in [3.63, 3.8) is 0 Å². The monoisotopic (exact) mass is 270 g/mol. The highest BCUT2D eigenvalue weighted by Crippen LogP contribution is 2.35. The maximum absolute atomic E-state index is 6.14. The molecule has 2 fully saturated rings. The van der Waals surface area contributed by atoms with E-state index in [9.17, 15) is 0 Å². The Morgan fingerprint density at radius 1 is 1.29 bits per heavy atom. The van der Waals surface area contributed by atoms with Gasteiger partial charge in [0.25, 0.3) is 0 Å². The van der Waals surface area contributed by atoms with E-state index in [1.165, 1.54) is 37.0 Å². The second-order valence-electron chi connectivity index (χ2n) is 5.35. The first-order valence-electron chi connectivity index (χ1n) is 6.48. The van der Waals surface area contributed by atoms with Crippen molar-refractivity contribution >= 4 is 22.9 Å². The Labute approximate surface area is 112 Å². The van der Waals surface area contributed by atoms with E-state index in [4.69, 9.17) is 17.3 Å². The largest absolute Gasteiger partial charge is 0.328 e. The zero-order valence-corrected chi connectivity index (χ0v) is 11.5. The van der Waals surface area contributed by atoms with Gasteiger partial charge in [0.2, 0.25) is 0 Å². The van der Waals surface area contributed by atoms with Gasteiger partial charge >= 0.3 is 0 Å². The molecule has 3 rings (SSSR count). The van der Waals surface area contributed by atoms with Crippen molar-refractivity contribution in [3.05, 3.63) is 21.3 Å². The maximum atomic E-state index is 6.14. The smallest absolute Gasteiger partial charge is 0.0931 e. The highest BCUT2D eigenvalue weighted by atomic mass is 35.5. The molecule has 1 aromatic heterocycles. The summed E-state index contributed by atoms with van der Waals surface area (Å²) in [6.07, 6.45) is 6.38. The molecule has 2 atom stereocenters. The molecule has 2 bridgehead atoms. The molecule has 0 radical (unpaired) electrons. The summed E-state index contributed by atoms with van der Waals surface area (Å²) < 4.78 is 0.902. The minimum atomic E-state index is 0.425. The fourth-order valence-corrected chi connectivity index (χ4v) is 4.49. The molecule has 2 nitrogen and oxygen atoms in total. The molecule has 4 heteroatoms. The Bertz CT molecular complexity index is 379. The molecule has 0 saturated carbocycles. The van der Waals surface area contributed by atoms with Gasteiger partial charge in [-0.05, 0) is 37.8 Å². The van der Waals surface area contributed by atoms with E-state index in [2.05, 4.69) is 11.0 Å². The van der Waals surface area contributed by atoms with Crippen LogP contribution in [0.4, 0.5) is 0 Å². The van der Waals surface area contributed by atoms with Crippen LogP contribution in [0.25, 0.3) is 0 Å². The first kappa shape index (κ1) is 12.0. The van der Waals surface area contributed by atoms with E-state index in [1.807, 2.05) is 6.07 Å². The fourth-order valence-electron chi connectivity index (χ4n) is 3.40. The molecule has 1 aromatic rings. The zero-order chi connectivity index (χ0) is 11.8. The van der Waals surface area contributed by atoms with Crippen molar-refractivity contribution in [2.24, 2.45) is 5.73 Å². The Balaban J connectivity index is 1.73. The minimum absolute atomic E-state index is 0.425. The third kappa shape index (κ3) is 2.53. The summed E-state index contributed by atoms with van der Waals surface area (Å²) in [5.41, 5.74) is 6.14. The molecule has 2 saturated heterocycles. The molecule has 0 aliphatic carbocycles. The zero-order valence-electron chi connectivity index (χ0n) is 9.94. The van der Waals surface area contributed by atoms with Crippen molar-refractivity contribution in [1.82, 2.24) is 4.90 Å². The van der Waals surface area contributed by atoms with Crippen LogP contribution in [-0.2, 0) is 6.54 Å². The molecular formula is C13H19ClN2S. The molecule has 2 N–H and O–H groups in total. The van der Waals surface area contributed by atoms with Gasteiger partial charge in [0.15, 0.2) is 0 Å². The van der Waals surface area contributed by atoms with E-state index in [-0.39, 0.29) is 0 Å². The number of hydrogen-bond donors (Lipinski definition) is 1. The van der Waals surface area contributed by atoms with Crippen molar-refractivity contribution < 1.29 is 0 Å². The molecule has 17 heavy (non-hydrogen) atoms. The Kier molecular flexibility index (Phi) is 3.44. The second kappa shape index (κ2) is 4.88. The predicted octanol–water partition coefficient (Wildman–Crippen LogP) is 3.25. The van der Waals surface area contributed by atoms with Crippen molar-refractivity contribution in [2.45, 2.75) is 56.8 Å². The molecule has 2 aliphatic heterocycles. The van der Waals surface area contributed by atoms with E-state index >= 15 is 0 Å². The van der Waals surface area contributed by atoms with Gasteiger partial charge in [-0.1, -0.05) is 18.0 Å². The van der Waals surface area contributed by atoms with Gasteiger partial charge in [0.1, 0.15) is 0 Å². The van der Waals surface area contributed by atoms with Crippen LogP contribution in [0.3, 0.4) is 0 Å². The number of hydrogen-bond acceptors (Lipinski definition) is 3. The van der Waals surface area contributed by atoms with Gasteiger partial charge in [0, 0.05) is 29.5 Å². The van der Waals surface area contributed by atoms with Crippen LogP contribution in [0.5, 0.6) is 0 Å². The number of fused-ring (bicyclic) bond motifs is 2. The van der Waals surface area contributed by atoms with Gasteiger partial charge in [-0.3, -0.25) is 4.90 Å². The van der Waals surface area contributed by atoms with Gasteiger partial charge < -0.3 is 5.73 Å². The summed E-state index contributed by atoms with van der Waals surface area (Å²) in [6.45, 7) is 1.07. The van der Waals surface area contributed by atoms with Crippen molar-refractivity contribution in [1.29, 1.82) is 0 Å². The third-order valence-corrected chi connectivity index (χ3v) is 5.35. The van der Waals surface area contributed by atoms with E-state index in [0.29, 0.717) is 18.1 Å². The minimum Gasteiger partial charge on any atom is -0.328 e. The number of rotatable bonds is 2. The lowest BCUT2D eigenvalue weighted by molar-refractivity contribution is 0.0253. The molecule has 0 spiro atoms. The highest BCUT2D eigenvalue weighted by molar-refractivity contribution is 7.16. The van der Waals surface area contributed by atoms with Gasteiger partial charge in [-0.15, -0.1) is 11.3 Å². The van der Waals surface area contributed by atoms with Crippen LogP contribution in [0.1, 0.15) is 37.0 Å². The third-order valence-electron chi connectivity index (χ3n) is 4.13. The quantitative estimate of drug-likeness (QED) is 0.894. The lowest BCUT2D eigenvalue weighted by atomic mass is 9.82. The summed E-state index contributed by atoms with van der Waals surface area (Å²) in [5.74, 6) is 0. The van der Waals surface area contributed by atoms with Gasteiger partial charge in [-0.2, -0.15) is 0 Å². The SMILES string of the molecule is NC1CC2CCCC(C1)N2Cc1ccc(Cl)s1. The standard InChI is InChI=1S/C13H19ClN2S/c14-13-5-4-12(17-13)8-16-10-2-1-3-11(16)7-9(15)6-10/h4-5,9-11H,1-3,6-8,15H2. The number of piperidine rings is 2. The molecule has 2 unspecified atom stereocenters. The molecule has 3 heterocycles. The van der Waals surface area contributed by atoms with E-state index in [1.54, 1.807) is 11.3 Å². The fraction of sp³-hybridized carbons (Fsp3) is 0.692. The van der Waals surface area contributed by atoms with Crippen LogP contribution in [-0.4, -0.2) is 23.0 Å². The summed E-state index contributed by atoms with van der Waals surface area (Å²) in [6, 6.07) is 6.01. The first-order valence-corrected chi connectivity index (χ1v) is 7.67. The molecule has 94 valence electrons. The highest BCUT2D eigenvalue weighted by Gasteiger charge is 2.36. The van der Waals surface area contributed by atoms with Gasteiger partial charge in [-0.25, -0.2) is 0 Å². The Hall–Kier alpha value is -0.0900. The Morgan fingerprint density at radius 3 is 2.59 bits per heavy atom. The van der Waals surface area contributed by atoms with Crippen LogP contribution < -0.4 is 5.73 Å². The van der Waals surface area contributed by atoms with Crippen LogP contribution >= 0.6 is 22.9 Å². The average molecular weight is 271 g/mol. The molecule has 0 aromatic carbocycles. The van der Waals surface area contributed by atoms with Crippen LogP contribution in [0, 0.1) is 0 Å². The summed E-state index contributed by atoms with van der Waals surface area (Å²) in [7, 11) is 0. The molecular weight excluding hydrogens is 252 g/mol. The van der Waals surface area contributed by atoms with Crippen LogP contribution in [0.2, 0.25) is 4.34 Å². The number of halogens is 1. The lowest BCUT2D eigenvalue weighted by Gasteiger charge is -2.48. The number of nitrogens with two attached hydrogens (primary N) is 1. The summed E-state index contributed by atoms with van der Waals surface area (Å²) in [4.78, 5) is 4.07. The summed E-state index contributed by atoms with van der Waals surface area (Å²) >= 11 is 7.72. The van der Waals surface area contributed by atoms with E-state index in [0.717, 1.165) is 10.9 Å².